The summed E-state index contributed by atoms with van der Waals surface area (Å²) in [5.74, 6) is -4.37. The van der Waals surface area contributed by atoms with E-state index in [1.165, 1.54) is 24.1 Å². The molecule has 0 radical (unpaired) electrons. The Balaban J connectivity index is 1.98. The lowest BCUT2D eigenvalue weighted by molar-refractivity contribution is -0.156. The van der Waals surface area contributed by atoms with E-state index < -0.39 is 29.1 Å². The number of carbonyl (C=O) groups is 1. The van der Waals surface area contributed by atoms with E-state index in [0.717, 1.165) is 13.0 Å². The van der Waals surface area contributed by atoms with Crippen LogP contribution in [0.15, 0.2) is 18.2 Å². The highest BCUT2D eigenvalue weighted by Crippen LogP contribution is 2.49. The van der Waals surface area contributed by atoms with Gasteiger partial charge in [-0.3, -0.25) is 9.80 Å². The lowest BCUT2D eigenvalue weighted by Gasteiger charge is -2.30. The molecule has 2 heterocycles. The van der Waals surface area contributed by atoms with Crippen molar-refractivity contribution in [3.8, 4) is 0 Å². The lowest BCUT2D eigenvalue weighted by Crippen LogP contribution is -2.45. The molecule has 0 spiro atoms. The van der Waals surface area contributed by atoms with Crippen LogP contribution in [0.2, 0.25) is 0 Å². The third kappa shape index (κ3) is 2.29. The van der Waals surface area contributed by atoms with E-state index >= 15 is 0 Å². The average Bonchev–Trinajstić information content (AvgIpc) is 2.97. The van der Waals surface area contributed by atoms with Crippen LogP contribution in [0.1, 0.15) is 31.9 Å². The fourth-order valence-corrected chi connectivity index (χ4v) is 3.30. The van der Waals surface area contributed by atoms with Crippen LogP contribution in [0.4, 0.5) is 18.9 Å². The molecule has 1 amide bonds. The van der Waals surface area contributed by atoms with Gasteiger partial charge in [0.2, 0.25) is 0 Å². The predicted molar refractivity (Wildman–Crippen MR) is 77.2 cm³/mol. The van der Waals surface area contributed by atoms with E-state index in [2.05, 4.69) is 4.85 Å². The summed E-state index contributed by atoms with van der Waals surface area (Å²) in [4.78, 5) is 15.8. The molecule has 3 rings (SSSR count). The summed E-state index contributed by atoms with van der Waals surface area (Å²) in [6, 6.07) is 3.37. The zero-order valence-electron chi connectivity index (χ0n) is 12.8. The number of halogens is 3. The Bertz CT molecular complexity index is 710. The Hall–Kier alpha value is -2.07. The molecule has 0 aliphatic carbocycles. The van der Waals surface area contributed by atoms with E-state index in [9.17, 15) is 18.0 Å². The van der Waals surface area contributed by atoms with Crippen molar-refractivity contribution in [1.29, 1.82) is 0 Å². The number of fused-ring (bicyclic) bond motifs is 1. The molecule has 0 bridgehead atoms. The highest BCUT2D eigenvalue weighted by molar-refractivity contribution is 5.86. The molecule has 1 aromatic carbocycles. The number of amides is 1. The summed E-state index contributed by atoms with van der Waals surface area (Å²) in [6.07, 6.45) is 0.526. The molecular weight excluding hydrogens is 307 g/mol. The summed E-state index contributed by atoms with van der Waals surface area (Å²) >= 11 is 0. The van der Waals surface area contributed by atoms with Crippen molar-refractivity contribution in [2.45, 2.75) is 32.2 Å². The van der Waals surface area contributed by atoms with E-state index in [1.807, 2.05) is 0 Å². The second kappa shape index (κ2) is 4.96. The van der Waals surface area contributed by atoms with Gasteiger partial charge in [0.1, 0.15) is 11.2 Å². The molecule has 7 heteroatoms. The van der Waals surface area contributed by atoms with Gasteiger partial charge in [-0.25, -0.2) is 23.0 Å². The van der Waals surface area contributed by atoms with Crippen molar-refractivity contribution < 1.29 is 18.0 Å². The maximum atomic E-state index is 13.9. The zero-order chi connectivity index (χ0) is 17.0. The topological polar surface area (TPSA) is 27.9 Å². The minimum Gasteiger partial charge on any atom is -0.272 e. The van der Waals surface area contributed by atoms with Crippen molar-refractivity contribution in [2.75, 3.05) is 13.1 Å². The summed E-state index contributed by atoms with van der Waals surface area (Å²) in [5.41, 5.74) is -1.19. The van der Waals surface area contributed by atoms with E-state index in [-0.39, 0.29) is 12.2 Å². The molecule has 0 N–H and O–H groups in total. The number of hydrazine groups is 1. The Morgan fingerprint density at radius 3 is 2.70 bits per heavy atom. The second-order valence-corrected chi connectivity index (χ2v) is 6.42. The van der Waals surface area contributed by atoms with Crippen molar-refractivity contribution >= 4 is 11.6 Å². The number of hydrogen-bond donors (Lipinski definition) is 0. The molecule has 0 unspecified atom stereocenters. The standard InChI is InChI=1S/C16H16F3N3O/c1-15(16(2,18)19)9-21-5-4-13(22(21)14(15)23)10-6-11(17)8-12(7-10)20-3/h6-8,13H,4-5,9H2,1-2H3/t13-,15-/m0/s1. The fraction of sp³-hybridized carbons (Fsp3) is 0.500. The molecule has 2 aliphatic heterocycles. The molecule has 1 aromatic rings. The highest BCUT2D eigenvalue weighted by Gasteiger charge is 2.62. The Labute approximate surface area is 132 Å². The maximum absolute atomic E-state index is 13.9. The van der Waals surface area contributed by atoms with Gasteiger partial charge in [-0.05, 0) is 31.0 Å². The average molecular weight is 323 g/mol. The molecule has 2 aliphatic rings. The van der Waals surface area contributed by atoms with Crippen LogP contribution in [0.25, 0.3) is 4.85 Å². The number of alkyl halides is 2. The SMILES string of the molecule is [C-]#[N+]c1cc(F)cc([C@@H]2CCN3C[C@](C)(C(C)(F)F)C(=O)N23)c1. The molecule has 2 atom stereocenters. The number of nitrogens with zero attached hydrogens (tertiary/aromatic N) is 3. The second-order valence-electron chi connectivity index (χ2n) is 6.42. The first-order valence-corrected chi connectivity index (χ1v) is 7.32. The summed E-state index contributed by atoms with van der Waals surface area (Å²) in [7, 11) is 0. The third-order valence-corrected chi connectivity index (χ3v) is 4.83. The quantitative estimate of drug-likeness (QED) is 0.779. The normalized spacial score (nSPS) is 28.1. The first kappa shape index (κ1) is 15.8. The van der Waals surface area contributed by atoms with Gasteiger partial charge in [0.15, 0.2) is 5.69 Å². The lowest BCUT2D eigenvalue weighted by atomic mass is 9.83. The van der Waals surface area contributed by atoms with Gasteiger partial charge in [0, 0.05) is 20.0 Å². The van der Waals surface area contributed by atoms with Crippen LogP contribution >= 0.6 is 0 Å². The third-order valence-electron chi connectivity index (χ3n) is 4.83. The van der Waals surface area contributed by atoms with E-state index in [0.29, 0.717) is 18.5 Å². The fourth-order valence-electron chi connectivity index (χ4n) is 3.30. The molecule has 0 aromatic heterocycles. The monoisotopic (exact) mass is 323 g/mol. The minimum absolute atomic E-state index is 0.0587. The largest absolute Gasteiger partial charge is 0.272 e. The summed E-state index contributed by atoms with van der Waals surface area (Å²) < 4.78 is 41.5. The van der Waals surface area contributed by atoms with Crippen LogP contribution in [-0.4, -0.2) is 34.9 Å². The van der Waals surface area contributed by atoms with Crippen LogP contribution in [0.3, 0.4) is 0 Å². The first-order chi connectivity index (χ1) is 10.7. The van der Waals surface area contributed by atoms with Crippen molar-refractivity contribution in [2.24, 2.45) is 5.41 Å². The molecule has 23 heavy (non-hydrogen) atoms. The van der Waals surface area contributed by atoms with Gasteiger partial charge in [0.05, 0.1) is 12.6 Å². The smallest absolute Gasteiger partial charge is 0.260 e. The van der Waals surface area contributed by atoms with Crippen LogP contribution in [-0.2, 0) is 4.79 Å². The number of carbonyl (C=O) groups excluding carboxylic acids is 1. The van der Waals surface area contributed by atoms with Gasteiger partial charge >= 0.3 is 0 Å². The van der Waals surface area contributed by atoms with Gasteiger partial charge in [-0.15, -0.1) is 0 Å². The Morgan fingerprint density at radius 1 is 1.39 bits per heavy atom. The number of benzene rings is 1. The van der Waals surface area contributed by atoms with Gasteiger partial charge in [-0.2, -0.15) is 0 Å². The molecule has 2 fully saturated rings. The molecule has 4 nitrogen and oxygen atoms in total. The number of rotatable bonds is 2. The van der Waals surface area contributed by atoms with Gasteiger partial charge in [-0.1, -0.05) is 6.07 Å². The Morgan fingerprint density at radius 2 is 2.09 bits per heavy atom. The van der Waals surface area contributed by atoms with Crippen LogP contribution in [0, 0.1) is 17.8 Å². The van der Waals surface area contributed by atoms with Crippen LogP contribution in [0.5, 0.6) is 0 Å². The number of hydrogen-bond acceptors (Lipinski definition) is 2. The maximum Gasteiger partial charge on any atom is 0.260 e. The summed E-state index contributed by atoms with van der Waals surface area (Å²) in [5, 5.41) is 2.92. The highest BCUT2D eigenvalue weighted by atomic mass is 19.3. The molecule has 0 saturated carbocycles. The predicted octanol–water partition coefficient (Wildman–Crippen LogP) is 3.54. The van der Waals surface area contributed by atoms with Crippen molar-refractivity contribution in [3.05, 3.63) is 41.0 Å². The van der Waals surface area contributed by atoms with E-state index in [4.69, 9.17) is 6.57 Å². The van der Waals surface area contributed by atoms with Gasteiger partial charge in [0.25, 0.3) is 11.8 Å². The van der Waals surface area contributed by atoms with Crippen LogP contribution < -0.4 is 0 Å². The first-order valence-electron chi connectivity index (χ1n) is 7.32. The van der Waals surface area contributed by atoms with E-state index in [1.54, 1.807) is 5.01 Å². The van der Waals surface area contributed by atoms with Crippen molar-refractivity contribution in [1.82, 2.24) is 10.0 Å². The molecule has 122 valence electrons. The summed E-state index contributed by atoms with van der Waals surface area (Å²) in [6.45, 7) is 9.42. The van der Waals surface area contributed by atoms with Gasteiger partial charge < -0.3 is 0 Å². The molecular formula is C16H16F3N3O. The Kier molecular flexibility index (Phi) is 3.41. The van der Waals surface area contributed by atoms with Crippen molar-refractivity contribution in [3.63, 3.8) is 0 Å². The zero-order valence-corrected chi connectivity index (χ0v) is 12.8. The minimum atomic E-state index is -3.15. The molecule has 2 saturated heterocycles.